The number of nitriles is 2. The van der Waals surface area contributed by atoms with E-state index in [0.29, 0.717) is 33.6 Å². The lowest BCUT2D eigenvalue weighted by molar-refractivity contribution is 0.104. The van der Waals surface area contributed by atoms with Crippen LogP contribution < -0.4 is 0 Å². The molecule has 0 aliphatic heterocycles. The minimum Gasteiger partial charge on any atom is -0.447 e. The maximum Gasteiger partial charge on any atom is 0.194 e. The quantitative estimate of drug-likeness (QED) is 0.212. The summed E-state index contributed by atoms with van der Waals surface area (Å²) in [5.74, 6) is 6.46. The average Bonchev–Trinajstić information content (AvgIpc) is 3.46. The van der Waals surface area contributed by atoms with Crippen molar-refractivity contribution < 1.29 is 9.21 Å². The average molecular weight is 428 g/mol. The number of ketones is 1. The van der Waals surface area contributed by atoms with E-state index in [-0.39, 0.29) is 11.4 Å². The van der Waals surface area contributed by atoms with Gasteiger partial charge in [0.2, 0.25) is 0 Å². The van der Waals surface area contributed by atoms with Crippen LogP contribution in [0.1, 0.15) is 32.1 Å². The number of fused-ring (bicyclic) bond motifs is 2. The predicted octanol–water partition coefficient (Wildman–Crippen LogP) is 5.97. The van der Waals surface area contributed by atoms with E-state index < -0.39 is 0 Å². The van der Waals surface area contributed by atoms with E-state index in [1.54, 1.807) is 30.3 Å². The van der Waals surface area contributed by atoms with Crippen molar-refractivity contribution in [2.45, 2.75) is 0 Å². The fourth-order valence-corrected chi connectivity index (χ4v) is 4.60. The summed E-state index contributed by atoms with van der Waals surface area (Å²) in [6, 6.07) is 24.2. The zero-order chi connectivity index (χ0) is 22.1. The molecule has 2 aromatic carbocycles. The van der Waals surface area contributed by atoms with Crippen LogP contribution in [-0.2, 0) is 0 Å². The van der Waals surface area contributed by atoms with Crippen molar-refractivity contribution in [3.63, 3.8) is 0 Å². The summed E-state index contributed by atoms with van der Waals surface area (Å²) in [5.41, 5.74) is 3.34. The number of Topliss-reactive ketones (excluding diaryl/α,β-unsaturated/α-hetero) is 1. The van der Waals surface area contributed by atoms with Crippen LogP contribution in [0.4, 0.5) is 0 Å². The van der Waals surface area contributed by atoms with Gasteiger partial charge in [0.1, 0.15) is 23.3 Å². The van der Waals surface area contributed by atoms with Crippen LogP contribution in [0.5, 0.6) is 0 Å². The van der Waals surface area contributed by atoms with E-state index >= 15 is 0 Å². The molecule has 4 aromatic rings. The number of carbonyl (C=O) groups excluding carboxylic acids is 1. The first kappa shape index (κ1) is 19.3. The van der Waals surface area contributed by atoms with E-state index in [1.165, 1.54) is 11.3 Å². The standard InChI is InChI=1S/C27H12N2O2S/c28-15-18(16-29)26-21-8-4-5-9-22(21)27(30)23(26)13-20-14-24-25(32-20)12-19(31-24)11-10-17-6-2-1-3-7-17/h1-9,12-14H/b23-13-. The zero-order valence-corrected chi connectivity index (χ0v) is 17.4. The molecule has 0 saturated heterocycles. The predicted molar refractivity (Wildman–Crippen MR) is 123 cm³/mol. The first-order chi connectivity index (χ1) is 15.7. The molecule has 0 N–H and O–H groups in total. The lowest BCUT2D eigenvalue weighted by Gasteiger charge is -2.00. The van der Waals surface area contributed by atoms with Gasteiger partial charge in [-0.05, 0) is 35.8 Å². The number of furan rings is 1. The van der Waals surface area contributed by atoms with Crippen molar-refractivity contribution >= 4 is 39.1 Å². The van der Waals surface area contributed by atoms with Gasteiger partial charge in [-0.1, -0.05) is 48.4 Å². The number of hydrogen-bond donors (Lipinski definition) is 0. The molecule has 0 saturated carbocycles. The third-order valence-corrected chi connectivity index (χ3v) is 6.06. The zero-order valence-electron chi connectivity index (χ0n) is 16.5. The molecule has 1 aliphatic carbocycles. The molecule has 2 heterocycles. The first-order valence-corrected chi connectivity index (χ1v) is 10.5. The first-order valence-electron chi connectivity index (χ1n) is 9.69. The van der Waals surface area contributed by atoms with Crippen molar-refractivity contribution in [2.75, 3.05) is 0 Å². The molecule has 5 rings (SSSR count). The molecule has 0 bridgehead atoms. The van der Waals surface area contributed by atoms with Gasteiger partial charge in [0.15, 0.2) is 11.5 Å². The third kappa shape index (κ3) is 3.32. The van der Waals surface area contributed by atoms with Crippen LogP contribution in [0.15, 0.2) is 82.3 Å². The highest BCUT2D eigenvalue weighted by molar-refractivity contribution is 7.19. The van der Waals surface area contributed by atoms with E-state index in [4.69, 9.17) is 4.42 Å². The monoisotopic (exact) mass is 428 g/mol. The Balaban J connectivity index is 1.54. The largest absolute Gasteiger partial charge is 0.447 e. The van der Waals surface area contributed by atoms with Crippen molar-refractivity contribution in [3.8, 4) is 24.0 Å². The van der Waals surface area contributed by atoms with Crippen LogP contribution in [-0.4, -0.2) is 5.78 Å². The maximum atomic E-state index is 13.0. The molecular weight excluding hydrogens is 416 g/mol. The summed E-state index contributed by atoms with van der Waals surface area (Å²) in [4.78, 5) is 13.8. The van der Waals surface area contributed by atoms with Crippen molar-refractivity contribution in [1.82, 2.24) is 0 Å². The van der Waals surface area contributed by atoms with E-state index in [0.717, 1.165) is 15.1 Å². The van der Waals surface area contributed by atoms with Crippen LogP contribution in [0, 0.1) is 34.5 Å². The molecule has 5 heteroatoms. The molecule has 0 atom stereocenters. The summed E-state index contributed by atoms with van der Waals surface area (Å²) in [6.07, 6.45) is 1.72. The Morgan fingerprint density at radius 3 is 2.34 bits per heavy atom. The summed E-state index contributed by atoms with van der Waals surface area (Å²) in [6.45, 7) is 0. The Morgan fingerprint density at radius 1 is 0.906 bits per heavy atom. The number of thiophene rings is 1. The number of carbonyl (C=O) groups is 1. The van der Waals surface area contributed by atoms with Crippen LogP contribution in [0.25, 0.3) is 21.9 Å². The van der Waals surface area contributed by atoms with Gasteiger partial charge in [0, 0.05) is 33.2 Å². The Morgan fingerprint density at radius 2 is 1.62 bits per heavy atom. The van der Waals surface area contributed by atoms with E-state index in [9.17, 15) is 15.3 Å². The minimum absolute atomic E-state index is 0.0757. The van der Waals surface area contributed by atoms with Crippen molar-refractivity contribution in [2.24, 2.45) is 0 Å². The molecule has 148 valence electrons. The number of rotatable bonds is 1. The van der Waals surface area contributed by atoms with Gasteiger partial charge in [0.25, 0.3) is 0 Å². The van der Waals surface area contributed by atoms with E-state index in [1.807, 2.05) is 54.6 Å². The molecule has 0 spiro atoms. The second kappa shape index (κ2) is 7.89. The van der Waals surface area contributed by atoms with Crippen LogP contribution >= 0.6 is 11.3 Å². The van der Waals surface area contributed by atoms with Crippen molar-refractivity contribution in [1.29, 1.82) is 10.5 Å². The van der Waals surface area contributed by atoms with Gasteiger partial charge in [-0.25, -0.2) is 0 Å². The van der Waals surface area contributed by atoms with Gasteiger partial charge in [-0.15, -0.1) is 11.3 Å². The molecule has 32 heavy (non-hydrogen) atoms. The fourth-order valence-electron chi connectivity index (χ4n) is 3.63. The maximum absolute atomic E-state index is 13.0. The normalized spacial score (nSPS) is 13.4. The highest BCUT2D eigenvalue weighted by atomic mass is 32.1. The number of allylic oxidation sites excluding steroid dienone is 3. The molecule has 0 radical (unpaired) electrons. The molecular formula is C27H12N2O2S. The molecule has 0 amide bonds. The summed E-state index contributed by atoms with van der Waals surface area (Å²) in [5, 5.41) is 18.9. The Bertz CT molecular complexity index is 1560. The smallest absolute Gasteiger partial charge is 0.194 e. The number of benzene rings is 2. The van der Waals surface area contributed by atoms with Gasteiger partial charge >= 0.3 is 0 Å². The molecule has 0 fully saturated rings. The van der Waals surface area contributed by atoms with E-state index in [2.05, 4.69) is 11.8 Å². The summed E-state index contributed by atoms with van der Waals surface area (Å²) in [7, 11) is 0. The Hall–Kier alpha value is -4.63. The lowest BCUT2D eigenvalue weighted by atomic mass is 9.99. The fraction of sp³-hybridized carbons (Fsp3) is 0. The lowest BCUT2D eigenvalue weighted by Crippen LogP contribution is -1.95. The van der Waals surface area contributed by atoms with Crippen LogP contribution in [0.2, 0.25) is 0 Å². The number of nitrogens with zero attached hydrogens (tertiary/aromatic N) is 2. The van der Waals surface area contributed by atoms with Crippen LogP contribution in [0.3, 0.4) is 0 Å². The molecule has 4 nitrogen and oxygen atoms in total. The van der Waals surface area contributed by atoms with Gasteiger partial charge in [0.05, 0.1) is 4.70 Å². The minimum atomic E-state index is -0.196. The number of hydrogen-bond acceptors (Lipinski definition) is 5. The molecule has 1 aliphatic rings. The third-order valence-electron chi connectivity index (χ3n) is 5.05. The van der Waals surface area contributed by atoms with Gasteiger partial charge in [-0.2, -0.15) is 10.5 Å². The summed E-state index contributed by atoms with van der Waals surface area (Å²) >= 11 is 1.46. The highest BCUT2D eigenvalue weighted by Crippen LogP contribution is 2.41. The van der Waals surface area contributed by atoms with Gasteiger partial charge < -0.3 is 4.42 Å². The second-order valence-corrected chi connectivity index (χ2v) is 8.13. The Labute approximate surface area is 188 Å². The van der Waals surface area contributed by atoms with Crippen molar-refractivity contribution in [3.05, 3.63) is 105 Å². The topological polar surface area (TPSA) is 77.8 Å². The summed E-state index contributed by atoms with van der Waals surface area (Å²) < 4.78 is 6.75. The van der Waals surface area contributed by atoms with Gasteiger partial charge in [-0.3, -0.25) is 4.79 Å². The second-order valence-electron chi connectivity index (χ2n) is 7.01. The molecule has 2 aromatic heterocycles. The highest BCUT2D eigenvalue weighted by Gasteiger charge is 2.32. The molecule has 0 unspecified atom stereocenters. The Kier molecular flexibility index (Phi) is 4.77. The SMILES string of the molecule is N#CC(C#N)=C1/C(=C/c2cc3oc(C#Cc4ccccc4)cc3s2)C(=O)c2ccccc21.